The van der Waals surface area contributed by atoms with Gasteiger partial charge in [0.25, 0.3) is 5.92 Å². The Kier molecular flexibility index (Phi) is 5.24. The molecule has 0 aliphatic carbocycles. The molecule has 1 rings (SSSR count). The smallest absolute Gasteiger partial charge is 0.309 e. The minimum atomic E-state index is -2.70. The average molecular weight is 291 g/mol. The summed E-state index contributed by atoms with van der Waals surface area (Å²) in [5.74, 6) is -3.89. The molecule has 0 aromatic rings. The van der Waals surface area contributed by atoms with E-state index in [1.807, 2.05) is 0 Å². The highest BCUT2D eigenvalue weighted by Crippen LogP contribution is 2.26. The Bertz CT molecular complexity index is 377. The van der Waals surface area contributed by atoms with Crippen LogP contribution in [0.15, 0.2) is 0 Å². The first-order chi connectivity index (χ1) is 8.98. The number of hydrogen-bond acceptors (Lipinski definition) is 4. The number of halogens is 2. The van der Waals surface area contributed by atoms with Gasteiger partial charge in [-0.2, -0.15) is 0 Å². The number of Topliss-reactive ketones (excluding diaryl/α,β-unsaturated/α-hetero) is 1. The molecule has 0 amide bonds. The van der Waals surface area contributed by atoms with Crippen molar-refractivity contribution < 1.29 is 23.1 Å². The molecule has 0 bridgehead atoms. The van der Waals surface area contributed by atoms with Crippen molar-refractivity contribution in [2.75, 3.05) is 19.6 Å². The second-order valence-corrected chi connectivity index (χ2v) is 6.49. The second kappa shape index (κ2) is 6.16. The van der Waals surface area contributed by atoms with Crippen molar-refractivity contribution in [3.8, 4) is 0 Å². The Morgan fingerprint density at radius 3 is 2.40 bits per heavy atom. The van der Waals surface area contributed by atoms with Crippen LogP contribution in [0.3, 0.4) is 0 Å². The molecule has 6 heteroatoms. The molecule has 0 saturated carbocycles. The normalized spacial score (nSPS) is 20.7. The predicted octanol–water partition coefficient (Wildman–Crippen LogP) is 2.26. The van der Waals surface area contributed by atoms with Gasteiger partial charge in [0.2, 0.25) is 0 Å². The summed E-state index contributed by atoms with van der Waals surface area (Å²) >= 11 is 0. The van der Waals surface area contributed by atoms with Gasteiger partial charge in [-0.25, -0.2) is 8.78 Å². The minimum Gasteiger partial charge on any atom is -0.460 e. The molecule has 1 fully saturated rings. The van der Waals surface area contributed by atoms with Gasteiger partial charge in [0, 0.05) is 19.4 Å². The molecule has 0 aromatic heterocycles. The molecule has 0 aromatic carbocycles. The molecule has 0 radical (unpaired) electrons. The molecule has 1 heterocycles. The number of nitrogens with zero attached hydrogens (tertiary/aromatic N) is 1. The lowest BCUT2D eigenvalue weighted by atomic mass is 10.0. The maximum Gasteiger partial charge on any atom is 0.309 e. The van der Waals surface area contributed by atoms with Crippen LogP contribution in [-0.4, -0.2) is 47.8 Å². The van der Waals surface area contributed by atoms with E-state index in [0.29, 0.717) is 0 Å². The number of alkyl halides is 2. The molecule has 1 aliphatic rings. The van der Waals surface area contributed by atoms with Gasteiger partial charge in [0.15, 0.2) is 0 Å². The highest BCUT2D eigenvalue weighted by molar-refractivity contribution is 5.85. The van der Waals surface area contributed by atoms with E-state index < -0.39 is 23.4 Å². The zero-order valence-corrected chi connectivity index (χ0v) is 12.5. The lowest BCUT2D eigenvalue weighted by Crippen LogP contribution is -2.33. The predicted molar refractivity (Wildman–Crippen MR) is 70.6 cm³/mol. The van der Waals surface area contributed by atoms with Crippen molar-refractivity contribution >= 4 is 11.8 Å². The summed E-state index contributed by atoms with van der Waals surface area (Å²) in [5.41, 5.74) is -0.592. The van der Waals surface area contributed by atoms with E-state index in [1.165, 1.54) is 4.90 Å². The Morgan fingerprint density at radius 2 is 1.95 bits per heavy atom. The Hall–Kier alpha value is -1.04. The highest BCUT2D eigenvalue weighted by Gasteiger charge is 2.38. The van der Waals surface area contributed by atoms with Crippen molar-refractivity contribution in [2.45, 2.75) is 52.1 Å². The summed E-state index contributed by atoms with van der Waals surface area (Å²) in [6.45, 7) is 6.70. The molecule has 116 valence electrons. The van der Waals surface area contributed by atoms with Gasteiger partial charge in [-0.15, -0.1) is 0 Å². The molecule has 1 saturated heterocycles. The van der Waals surface area contributed by atoms with Gasteiger partial charge >= 0.3 is 5.97 Å². The van der Waals surface area contributed by atoms with E-state index in [9.17, 15) is 18.4 Å². The largest absolute Gasteiger partial charge is 0.460 e. The van der Waals surface area contributed by atoms with Gasteiger partial charge in [-0.05, 0) is 20.8 Å². The summed E-state index contributed by atoms with van der Waals surface area (Å²) < 4.78 is 31.2. The van der Waals surface area contributed by atoms with E-state index in [4.69, 9.17) is 4.74 Å². The number of ketones is 1. The molecule has 1 aliphatic heterocycles. The van der Waals surface area contributed by atoms with E-state index in [2.05, 4.69) is 0 Å². The van der Waals surface area contributed by atoms with Crippen LogP contribution < -0.4 is 0 Å². The third-order valence-electron chi connectivity index (χ3n) is 2.99. The van der Waals surface area contributed by atoms with Gasteiger partial charge in [0.05, 0.1) is 19.0 Å². The SMILES string of the molecule is CC(CC(=O)CN1CCC(F)(F)C1)C(=O)OC(C)(C)C. The van der Waals surface area contributed by atoms with Crippen molar-refractivity contribution in [2.24, 2.45) is 5.92 Å². The van der Waals surface area contributed by atoms with Crippen LogP contribution in [0, 0.1) is 5.92 Å². The number of carbonyl (C=O) groups excluding carboxylic acids is 2. The first kappa shape index (κ1) is 17.0. The molecule has 1 unspecified atom stereocenters. The number of esters is 1. The Labute approximate surface area is 118 Å². The summed E-state index contributed by atoms with van der Waals surface area (Å²) in [4.78, 5) is 25.0. The number of likely N-dealkylation sites (tertiary alicyclic amines) is 1. The lowest BCUT2D eigenvalue weighted by molar-refractivity contribution is -0.160. The second-order valence-electron chi connectivity index (χ2n) is 6.49. The summed E-state index contributed by atoms with van der Waals surface area (Å²) in [6, 6.07) is 0. The highest BCUT2D eigenvalue weighted by atomic mass is 19.3. The lowest BCUT2D eigenvalue weighted by Gasteiger charge is -2.22. The zero-order valence-electron chi connectivity index (χ0n) is 12.5. The van der Waals surface area contributed by atoms with Gasteiger partial charge in [0.1, 0.15) is 11.4 Å². The molecular formula is C14H23F2NO3. The zero-order chi connectivity index (χ0) is 15.6. The van der Waals surface area contributed by atoms with E-state index in [-0.39, 0.29) is 38.3 Å². The first-order valence-corrected chi connectivity index (χ1v) is 6.83. The third-order valence-corrected chi connectivity index (χ3v) is 2.99. The minimum absolute atomic E-state index is 0.0248. The topological polar surface area (TPSA) is 46.6 Å². The van der Waals surface area contributed by atoms with Crippen LogP contribution in [0.1, 0.15) is 40.5 Å². The van der Waals surface area contributed by atoms with Crippen LogP contribution in [0.25, 0.3) is 0 Å². The first-order valence-electron chi connectivity index (χ1n) is 6.83. The summed E-state index contributed by atoms with van der Waals surface area (Å²) in [6.07, 6.45) is -0.182. The van der Waals surface area contributed by atoms with Gasteiger partial charge in [-0.3, -0.25) is 14.5 Å². The monoisotopic (exact) mass is 291 g/mol. The third kappa shape index (κ3) is 5.94. The molecule has 4 nitrogen and oxygen atoms in total. The van der Waals surface area contributed by atoms with E-state index in [0.717, 1.165) is 0 Å². The molecule has 20 heavy (non-hydrogen) atoms. The standard InChI is InChI=1S/C14H23F2NO3/c1-10(12(19)20-13(2,3)4)7-11(18)8-17-6-5-14(15,16)9-17/h10H,5-9H2,1-4H3. The van der Waals surface area contributed by atoms with Crippen LogP contribution in [0.5, 0.6) is 0 Å². The van der Waals surface area contributed by atoms with Crippen LogP contribution in [0.4, 0.5) is 8.78 Å². The molecule has 0 spiro atoms. The van der Waals surface area contributed by atoms with Gasteiger partial charge in [-0.1, -0.05) is 6.92 Å². The van der Waals surface area contributed by atoms with E-state index in [1.54, 1.807) is 27.7 Å². The van der Waals surface area contributed by atoms with Crippen molar-refractivity contribution in [1.82, 2.24) is 4.90 Å². The quantitative estimate of drug-likeness (QED) is 0.729. The van der Waals surface area contributed by atoms with E-state index >= 15 is 0 Å². The fraction of sp³-hybridized carbons (Fsp3) is 0.857. The fourth-order valence-electron chi connectivity index (χ4n) is 2.08. The summed E-state index contributed by atoms with van der Waals surface area (Å²) in [5, 5.41) is 0. The van der Waals surface area contributed by atoms with Gasteiger partial charge < -0.3 is 4.74 Å². The number of hydrogen-bond donors (Lipinski definition) is 0. The van der Waals surface area contributed by atoms with Crippen LogP contribution >= 0.6 is 0 Å². The Balaban J connectivity index is 2.37. The maximum absolute atomic E-state index is 13.0. The van der Waals surface area contributed by atoms with Crippen LogP contribution in [-0.2, 0) is 14.3 Å². The average Bonchev–Trinajstić information content (AvgIpc) is 2.54. The summed E-state index contributed by atoms with van der Waals surface area (Å²) in [7, 11) is 0. The molecule has 0 N–H and O–H groups in total. The number of rotatable bonds is 5. The van der Waals surface area contributed by atoms with Crippen LogP contribution in [0.2, 0.25) is 0 Å². The van der Waals surface area contributed by atoms with Crippen molar-refractivity contribution in [1.29, 1.82) is 0 Å². The number of carbonyl (C=O) groups is 2. The fourth-order valence-corrected chi connectivity index (χ4v) is 2.08. The van der Waals surface area contributed by atoms with Crippen molar-refractivity contribution in [3.63, 3.8) is 0 Å². The Morgan fingerprint density at radius 1 is 1.35 bits per heavy atom. The van der Waals surface area contributed by atoms with Crippen molar-refractivity contribution in [3.05, 3.63) is 0 Å². The number of ether oxygens (including phenoxy) is 1. The molecular weight excluding hydrogens is 268 g/mol. The molecule has 1 atom stereocenters. The maximum atomic E-state index is 13.0.